The third kappa shape index (κ3) is 6.64. The van der Waals surface area contributed by atoms with Gasteiger partial charge in [0.15, 0.2) is 17.4 Å². The van der Waals surface area contributed by atoms with E-state index in [-0.39, 0.29) is 23.3 Å². The Bertz CT molecular complexity index is 928. The van der Waals surface area contributed by atoms with E-state index in [1.165, 1.54) is 12.1 Å². The number of piperazine rings is 1. The van der Waals surface area contributed by atoms with Crippen LogP contribution in [-0.2, 0) is 0 Å². The molecule has 1 saturated heterocycles. The molecule has 3 rings (SSSR count). The monoisotopic (exact) mass is 479 g/mol. The lowest BCUT2D eigenvalue weighted by Crippen LogP contribution is -2.50. The number of carbonyl (C=O) groups is 1. The molecule has 34 heavy (non-hydrogen) atoms. The number of amides is 1. The molecule has 11 heteroatoms. The van der Waals surface area contributed by atoms with Crippen molar-refractivity contribution in [3.05, 3.63) is 35.4 Å². The van der Waals surface area contributed by atoms with Crippen LogP contribution in [0.25, 0.3) is 0 Å². The molecular formula is C23H34FN5O5. The molecule has 188 valence electrons. The summed E-state index contributed by atoms with van der Waals surface area (Å²) in [6, 6.07) is 3.97. The summed E-state index contributed by atoms with van der Waals surface area (Å²) in [4.78, 5) is 21.0. The number of hydrogen-bond donors (Lipinski definition) is 3. The highest BCUT2D eigenvalue weighted by atomic mass is 19.1. The molecule has 1 amide bonds. The highest BCUT2D eigenvalue weighted by Gasteiger charge is 2.25. The van der Waals surface area contributed by atoms with Crippen LogP contribution in [-0.4, -0.2) is 89.2 Å². The van der Waals surface area contributed by atoms with E-state index in [4.69, 9.17) is 19.5 Å². The van der Waals surface area contributed by atoms with Crippen LogP contribution in [0.3, 0.4) is 0 Å². The van der Waals surface area contributed by atoms with Crippen molar-refractivity contribution in [3.63, 3.8) is 0 Å². The van der Waals surface area contributed by atoms with Crippen LogP contribution in [0.2, 0.25) is 0 Å². The highest BCUT2D eigenvalue weighted by molar-refractivity contribution is 5.94. The summed E-state index contributed by atoms with van der Waals surface area (Å²) in [7, 11) is 0. The zero-order valence-electron chi connectivity index (χ0n) is 19.9. The number of hydrogen-bond acceptors (Lipinski definition) is 9. The van der Waals surface area contributed by atoms with E-state index in [9.17, 15) is 9.18 Å². The van der Waals surface area contributed by atoms with E-state index >= 15 is 0 Å². The van der Waals surface area contributed by atoms with Crippen LogP contribution < -0.4 is 15.0 Å². The van der Waals surface area contributed by atoms with Crippen molar-refractivity contribution in [2.75, 3.05) is 50.9 Å². The van der Waals surface area contributed by atoms with Gasteiger partial charge in [-0.15, -0.1) is 0 Å². The fourth-order valence-electron chi connectivity index (χ4n) is 3.64. The Morgan fingerprint density at radius 3 is 2.50 bits per heavy atom. The van der Waals surface area contributed by atoms with E-state index in [1.807, 2.05) is 13.8 Å². The molecule has 0 bridgehead atoms. The number of benzene rings is 1. The van der Waals surface area contributed by atoms with Crippen LogP contribution >= 0.6 is 0 Å². The van der Waals surface area contributed by atoms with Crippen LogP contribution in [0.15, 0.2) is 22.7 Å². The standard InChI is InChI=1S/C23H34FN5O5/c1-15(2)21-26-23(34-27-21)29-9-7-28(8-10-29)16(3)6-11-33-20-5-4-17(12-19(20)24)22(32)25-18(13-30)14-31/h4-5,12,15-16,18,30-31H,6-11,13-14H2,1-3H3,(H,25,32). The van der Waals surface area contributed by atoms with Gasteiger partial charge < -0.3 is 29.7 Å². The topological polar surface area (TPSA) is 124 Å². The normalized spacial score (nSPS) is 15.7. The minimum absolute atomic E-state index is 0.0757. The molecule has 1 fully saturated rings. The van der Waals surface area contributed by atoms with Crippen molar-refractivity contribution >= 4 is 11.9 Å². The lowest BCUT2D eigenvalue weighted by atomic mass is 10.1. The molecule has 0 aliphatic carbocycles. The molecule has 0 radical (unpaired) electrons. The number of carbonyl (C=O) groups excluding carboxylic acids is 1. The lowest BCUT2D eigenvalue weighted by Gasteiger charge is -2.37. The van der Waals surface area contributed by atoms with Gasteiger partial charge in [-0.2, -0.15) is 4.98 Å². The van der Waals surface area contributed by atoms with E-state index in [1.54, 1.807) is 0 Å². The fourth-order valence-corrected chi connectivity index (χ4v) is 3.64. The Hall–Kier alpha value is -2.76. The van der Waals surface area contributed by atoms with Crippen LogP contribution in [0.4, 0.5) is 10.4 Å². The maximum Gasteiger partial charge on any atom is 0.324 e. The van der Waals surface area contributed by atoms with Gasteiger partial charge >= 0.3 is 6.01 Å². The van der Waals surface area contributed by atoms with Gasteiger partial charge in [0.2, 0.25) is 0 Å². The number of ether oxygens (including phenoxy) is 1. The Morgan fingerprint density at radius 1 is 1.21 bits per heavy atom. The molecule has 10 nitrogen and oxygen atoms in total. The Balaban J connectivity index is 1.43. The largest absolute Gasteiger partial charge is 0.490 e. The van der Waals surface area contributed by atoms with Crippen molar-refractivity contribution < 1.29 is 28.7 Å². The molecule has 2 aromatic rings. The molecule has 1 unspecified atom stereocenters. The third-order valence-corrected chi connectivity index (χ3v) is 5.92. The zero-order valence-corrected chi connectivity index (χ0v) is 19.9. The number of aromatic nitrogens is 2. The first-order valence-electron chi connectivity index (χ1n) is 11.6. The van der Waals surface area contributed by atoms with Gasteiger partial charge in [-0.3, -0.25) is 9.69 Å². The molecule has 1 aliphatic rings. The molecule has 0 saturated carbocycles. The summed E-state index contributed by atoms with van der Waals surface area (Å²) in [6.45, 7) is 8.97. The van der Waals surface area contributed by atoms with Gasteiger partial charge in [-0.25, -0.2) is 4.39 Å². The van der Waals surface area contributed by atoms with Gasteiger partial charge in [0, 0.05) is 43.7 Å². The smallest absolute Gasteiger partial charge is 0.324 e. The molecule has 0 spiro atoms. The number of halogens is 1. The van der Waals surface area contributed by atoms with Gasteiger partial charge in [0.1, 0.15) is 0 Å². The van der Waals surface area contributed by atoms with E-state index in [2.05, 4.69) is 32.2 Å². The second kappa shape index (κ2) is 12.1. The Labute approximate surface area is 198 Å². The molecule has 1 aromatic heterocycles. The first-order valence-corrected chi connectivity index (χ1v) is 11.6. The van der Waals surface area contributed by atoms with Crippen LogP contribution in [0.1, 0.15) is 49.3 Å². The van der Waals surface area contributed by atoms with Gasteiger partial charge in [0.25, 0.3) is 5.91 Å². The average molecular weight is 480 g/mol. The maximum atomic E-state index is 14.4. The number of rotatable bonds is 11. The van der Waals surface area contributed by atoms with E-state index < -0.39 is 31.0 Å². The molecule has 3 N–H and O–H groups in total. The van der Waals surface area contributed by atoms with Crippen molar-refractivity contribution in [2.24, 2.45) is 0 Å². The van der Waals surface area contributed by atoms with Crippen LogP contribution in [0.5, 0.6) is 5.75 Å². The first-order chi connectivity index (χ1) is 16.3. The summed E-state index contributed by atoms with van der Waals surface area (Å²) in [6.07, 6.45) is 0.717. The summed E-state index contributed by atoms with van der Waals surface area (Å²) >= 11 is 0. The number of anilines is 1. The summed E-state index contributed by atoms with van der Waals surface area (Å²) in [5.41, 5.74) is 0.0877. The van der Waals surface area contributed by atoms with Crippen LogP contribution in [0, 0.1) is 5.82 Å². The number of aliphatic hydroxyl groups excluding tert-OH is 2. The fraction of sp³-hybridized carbons (Fsp3) is 0.609. The molecular weight excluding hydrogens is 445 g/mol. The maximum absolute atomic E-state index is 14.4. The summed E-state index contributed by atoms with van der Waals surface area (Å²) in [5, 5.41) is 24.6. The highest BCUT2D eigenvalue weighted by Crippen LogP contribution is 2.21. The number of nitrogens with one attached hydrogen (secondary N) is 1. The van der Waals surface area contributed by atoms with Crippen molar-refractivity contribution in [3.8, 4) is 5.75 Å². The predicted molar refractivity (Wildman–Crippen MR) is 124 cm³/mol. The van der Waals surface area contributed by atoms with Gasteiger partial charge in [-0.05, 0) is 31.5 Å². The second-order valence-corrected chi connectivity index (χ2v) is 8.78. The Kier molecular flexibility index (Phi) is 9.20. The number of aliphatic hydroxyl groups is 2. The van der Waals surface area contributed by atoms with E-state index in [0.717, 1.165) is 32.2 Å². The average Bonchev–Trinajstić information content (AvgIpc) is 3.34. The zero-order chi connectivity index (χ0) is 24.7. The van der Waals surface area contributed by atoms with Gasteiger partial charge in [-0.1, -0.05) is 19.0 Å². The lowest BCUT2D eigenvalue weighted by molar-refractivity contribution is 0.0879. The minimum Gasteiger partial charge on any atom is -0.490 e. The summed E-state index contributed by atoms with van der Waals surface area (Å²) in [5.74, 6) is -0.205. The number of nitrogens with zero attached hydrogens (tertiary/aromatic N) is 4. The summed E-state index contributed by atoms with van der Waals surface area (Å²) < 4.78 is 25.4. The second-order valence-electron chi connectivity index (χ2n) is 8.78. The van der Waals surface area contributed by atoms with Crippen molar-refractivity contribution in [1.29, 1.82) is 0 Å². The third-order valence-electron chi connectivity index (χ3n) is 5.92. The van der Waals surface area contributed by atoms with Crippen molar-refractivity contribution in [1.82, 2.24) is 20.4 Å². The minimum atomic E-state index is -0.792. The SMILES string of the molecule is CC(C)c1noc(N2CCN(C(C)CCOc3ccc(C(=O)NC(CO)CO)cc3F)CC2)n1. The molecule has 1 aromatic carbocycles. The molecule has 1 aliphatic heterocycles. The molecule has 2 heterocycles. The Morgan fingerprint density at radius 2 is 1.91 bits per heavy atom. The molecule has 1 atom stereocenters. The first kappa shape index (κ1) is 25.9. The van der Waals surface area contributed by atoms with Crippen molar-refractivity contribution in [2.45, 2.75) is 45.2 Å². The van der Waals surface area contributed by atoms with Gasteiger partial charge in [0.05, 0.1) is 25.9 Å². The quantitative estimate of drug-likeness (QED) is 0.439. The predicted octanol–water partition coefficient (Wildman–Crippen LogP) is 1.39. The van der Waals surface area contributed by atoms with E-state index in [0.29, 0.717) is 24.9 Å².